The van der Waals surface area contributed by atoms with Crippen molar-refractivity contribution in [3.8, 4) is 0 Å². The van der Waals surface area contributed by atoms with Crippen molar-refractivity contribution >= 4 is 23.3 Å². The van der Waals surface area contributed by atoms with Gasteiger partial charge in [-0.3, -0.25) is 4.79 Å². The normalized spacial score (nSPS) is 15.3. The van der Waals surface area contributed by atoms with Crippen LogP contribution in [0.3, 0.4) is 0 Å². The van der Waals surface area contributed by atoms with Crippen LogP contribution < -0.4 is 10.2 Å². The zero-order valence-corrected chi connectivity index (χ0v) is 10.9. The number of morpholine rings is 1. The molecule has 0 atom stereocenters. The second-order valence-corrected chi connectivity index (χ2v) is 4.31. The van der Waals surface area contributed by atoms with Crippen molar-refractivity contribution in [2.45, 2.75) is 0 Å². The summed E-state index contributed by atoms with van der Waals surface area (Å²) in [4.78, 5) is 23.9. The summed E-state index contributed by atoms with van der Waals surface area (Å²) in [6, 6.07) is 7.41. The summed E-state index contributed by atoms with van der Waals surface area (Å²) < 4.78 is 5.29. The van der Waals surface area contributed by atoms with Crippen molar-refractivity contribution < 1.29 is 19.4 Å². The van der Waals surface area contributed by atoms with E-state index >= 15 is 0 Å². The Morgan fingerprint density at radius 3 is 2.40 bits per heavy atom. The molecule has 0 aliphatic carbocycles. The molecule has 0 aromatic heterocycles. The van der Waals surface area contributed by atoms with E-state index in [4.69, 9.17) is 9.84 Å². The molecule has 1 aliphatic heterocycles. The number of anilines is 2. The summed E-state index contributed by atoms with van der Waals surface area (Å²) in [6.07, 6.45) is 1.79. The van der Waals surface area contributed by atoms with Crippen molar-refractivity contribution in [3.05, 3.63) is 36.4 Å². The number of carboxylic acids is 1. The number of amides is 1. The highest BCUT2D eigenvalue weighted by Crippen LogP contribution is 2.18. The fourth-order valence-corrected chi connectivity index (χ4v) is 1.91. The Balaban J connectivity index is 1.94. The Morgan fingerprint density at radius 2 is 1.80 bits per heavy atom. The second kappa shape index (κ2) is 6.72. The molecule has 6 nitrogen and oxygen atoms in total. The van der Waals surface area contributed by atoms with Crippen LogP contribution >= 0.6 is 0 Å². The highest BCUT2D eigenvalue weighted by atomic mass is 16.5. The van der Waals surface area contributed by atoms with Gasteiger partial charge in [0.25, 0.3) is 0 Å². The van der Waals surface area contributed by atoms with Gasteiger partial charge in [0, 0.05) is 36.6 Å². The Morgan fingerprint density at radius 1 is 1.15 bits per heavy atom. The van der Waals surface area contributed by atoms with Crippen LogP contribution in [0.2, 0.25) is 0 Å². The molecule has 0 unspecified atom stereocenters. The fraction of sp³-hybridized carbons (Fsp3) is 0.286. The van der Waals surface area contributed by atoms with E-state index in [1.807, 2.05) is 12.1 Å². The smallest absolute Gasteiger partial charge is 0.328 e. The lowest BCUT2D eigenvalue weighted by molar-refractivity contribution is -0.131. The Hall–Kier alpha value is -2.34. The Kier molecular flexibility index (Phi) is 4.73. The van der Waals surface area contributed by atoms with E-state index in [9.17, 15) is 9.59 Å². The van der Waals surface area contributed by atoms with Crippen LogP contribution in [0.5, 0.6) is 0 Å². The predicted octanol–water partition coefficient (Wildman–Crippen LogP) is 1.10. The number of carbonyl (C=O) groups excluding carboxylic acids is 1. The van der Waals surface area contributed by atoms with E-state index < -0.39 is 11.9 Å². The first-order valence-electron chi connectivity index (χ1n) is 6.30. The van der Waals surface area contributed by atoms with Crippen molar-refractivity contribution in [2.24, 2.45) is 0 Å². The van der Waals surface area contributed by atoms with E-state index in [1.165, 1.54) is 0 Å². The van der Waals surface area contributed by atoms with Gasteiger partial charge in [0.05, 0.1) is 13.2 Å². The van der Waals surface area contributed by atoms with Crippen molar-refractivity contribution in [1.82, 2.24) is 0 Å². The zero-order chi connectivity index (χ0) is 14.4. The van der Waals surface area contributed by atoms with Gasteiger partial charge < -0.3 is 20.1 Å². The third kappa shape index (κ3) is 4.10. The van der Waals surface area contributed by atoms with Gasteiger partial charge in [0.1, 0.15) is 0 Å². The number of rotatable bonds is 4. The van der Waals surface area contributed by atoms with E-state index in [2.05, 4.69) is 10.2 Å². The molecule has 0 bridgehead atoms. The molecule has 1 heterocycles. The second-order valence-electron chi connectivity index (χ2n) is 4.31. The summed E-state index contributed by atoms with van der Waals surface area (Å²) in [5.74, 6) is -1.62. The first-order valence-corrected chi connectivity index (χ1v) is 6.30. The number of hydrogen-bond acceptors (Lipinski definition) is 4. The van der Waals surface area contributed by atoms with Gasteiger partial charge >= 0.3 is 5.97 Å². The molecule has 2 N–H and O–H groups in total. The molecule has 1 aromatic carbocycles. The SMILES string of the molecule is O=C(O)/C=C/C(=O)Nc1ccc(N2CCOCC2)cc1. The minimum Gasteiger partial charge on any atom is -0.478 e. The summed E-state index contributed by atoms with van der Waals surface area (Å²) in [6.45, 7) is 3.15. The largest absolute Gasteiger partial charge is 0.478 e. The lowest BCUT2D eigenvalue weighted by atomic mass is 10.2. The van der Waals surface area contributed by atoms with Gasteiger partial charge in [0.2, 0.25) is 5.91 Å². The molecule has 0 spiro atoms. The van der Waals surface area contributed by atoms with Gasteiger partial charge in [-0.05, 0) is 24.3 Å². The Bertz CT molecular complexity index is 504. The molecular weight excluding hydrogens is 260 g/mol. The predicted molar refractivity (Wildman–Crippen MR) is 74.9 cm³/mol. The van der Waals surface area contributed by atoms with Crippen LogP contribution in [0.1, 0.15) is 0 Å². The monoisotopic (exact) mass is 276 g/mol. The number of hydrogen-bond donors (Lipinski definition) is 2. The maximum absolute atomic E-state index is 11.4. The van der Waals surface area contributed by atoms with E-state index in [0.29, 0.717) is 5.69 Å². The maximum Gasteiger partial charge on any atom is 0.328 e. The summed E-state index contributed by atoms with van der Waals surface area (Å²) >= 11 is 0. The van der Waals surface area contributed by atoms with E-state index in [0.717, 1.165) is 44.1 Å². The van der Waals surface area contributed by atoms with Crippen molar-refractivity contribution in [2.75, 3.05) is 36.5 Å². The quantitative estimate of drug-likeness (QED) is 0.805. The van der Waals surface area contributed by atoms with Gasteiger partial charge in [-0.25, -0.2) is 4.79 Å². The van der Waals surface area contributed by atoms with Crippen LogP contribution in [0.15, 0.2) is 36.4 Å². The number of ether oxygens (including phenoxy) is 1. The average molecular weight is 276 g/mol. The minimum atomic E-state index is -1.15. The lowest BCUT2D eigenvalue weighted by Gasteiger charge is -2.28. The van der Waals surface area contributed by atoms with Gasteiger partial charge in [-0.2, -0.15) is 0 Å². The summed E-state index contributed by atoms with van der Waals surface area (Å²) in [5.41, 5.74) is 1.70. The van der Waals surface area contributed by atoms with Crippen LogP contribution in [0.4, 0.5) is 11.4 Å². The lowest BCUT2D eigenvalue weighted by Crippen LogP contribution is -2.36. The van der Waals surface area contributed by atoms with E-state index in [1.54, 1.807) is 12.1 Å². The average Bonchev–Trinajstić information content (AvgIpc) is 2.47. The summed E-state index contributed by atoms with van der Waals surface area (Å²) in [5, 5.41) is 11.0. The minimum absolute atomic E-state index is 0.466. The molecule has 1 saturated heterocycles. The molecule has 0 radical (unpaired) electrons. The molecule has 1 amide bonds. The van der Waals surface area contributed by atoms with Crippen LogP contribution in [0.25, 0.3) is 0 Å². The topological polar surface area (TPSA) is 78.9 Å². The number of benzene rings is 1. The van der Waals surface area contributed by atoms with Gasteiger partial charge in [-0.15, -0.1) is 0 Å². The first kappa shape index (κ1) is 14.1. The number of carboxylic acid groups (broad SMARTS) is 1. The molecule has 1 fully saturated rings. The number of nitrogens with one attached hydrogen (secondary N) is 1. The third-order valence-corrected chi connectivity index (χ3v) is 2.89. The highest BCUT2D eigenvalue weighted by molar-refractivity contribution is 6.02. The number of nitrogens with zero attached hydrogens (tertiary/aromatic N) is 1. The molecule has 0 saturated carbocycles. The van der Waals surface area contributed by atoms with Crippen molar-refractivity contribution in [1.29, 1.82) is 0 Å². The van der Waals surface area contributed by atoms with Gasteiger partial charge in [0.15, 0.2) is 0 Å². The molecule has 6 heteroatoms. The zero-order valence-electron chi connectivity index (χ0n) is 10.9. The van der Waals surface area contributed by atoms with Crippen LogP contribution in [0, 0.1) is 0 Å². The van der Waals surface area contributed by atoms with Crippen molar-refractivity contribution in [3.63, 3.8) is 0 Å². The highest BCUT2D eigenvalue weighted by Gasteiger charge is 2.10. The van der Waals surface area contributed by atoms with Crippen LogP contribution in [-0.4, -0.2) is 43.3 Å². The van der Waals surface area contributed by atoms with Crippen LogP contribution in [-0.2, 0) is 14.3 Å². The molecule has 1 aromatic rings. The third-order valence-electron chi connectivity index (χ3n) is 2.89. The maximum atomic E-state index is 11.4. The number of carbonyl (C=O) groups is 2. The molecular formula is C14H16N2O4. The molecule has 20 heavy (non-hydrogen) atoms. The first-order chi connectivity index (χ1) is 9.65. The molecule has 2 rings (SSSR count). The fourth-order valence-electron chi connectivity index (χ4n) is 1.91. The number of aliphatic carboxylic acids is 1. The van der Waals surface area contributed by atoms with Gasteiger partial charge in [-0.1, -0.05) is 0 Å². The molecule has 106 valence electrons. The summed E-state index contributed by atoms with van der Waals surface area (Å²) in [7, 11) is 0. The van der Waals surface area contributed by atoms with E-state index in [-0.39, 0.29) is 0 Å². The standard InChI is InChI=1S/C14H16N2O4/c17-13(5-6-14(18)19)15-11-1-3-12(4-2-11)16-7-9-20-10-8-16/h1-6H,7-10H2,(H,15,17)(H,18,19)/b6-5+. The molecule has 1 aliphatic rings. The Labute approximate surface area is 116 Å².